The van der Waals surface area contributed by atoms with E-state index in [4.69, 9.17) is 28.4 Å². The molecule has 0 radical (unpaired) electrons. The number of rotatable bonds is 45. The summed E-state index contributed by atoms with van der Waals surface area (Å²) in [5, 5.41) is 136. The fraction of sp³-hybridized carbons (Fsp3) is 0.948. The topological polar surface area (TPSA) is 373 Å². The van der Waals surface area contributed by atoms with Crippen molar-refractivity contribution in [3.8, 4) is 0 Å². The first-order valence-electron chi connectivity index (χ1n) is 30.9. The highest BCUT2D eigenvalue weighted by molar-refractivity contribution is 5.77. The summed E-state index contributed by atoms with van der Waals surface area (Å²) in [4.78, 5) is 38.3. The molecule has 2 amide bonds. The minimum absolute atomic E-state index is 0.227. The van der Waals surface area contributed by atoms with Crippen molar-refractivity contribution in [1.82, 2.24) is 10.6 Å². The van der Waals surface area contributed by atoms with Gasteiger partial charge in [-0.1, -0.05) is 181 Å². The first-order valence-corrected chi connectivity index (χ1v) is 30.9. The molecule has 0 saturated carbocycles. The van der Waals surface area contributed by atoms with Gasteiger partial charge in [-0.3, -0.25) is 9.59 Å². The zero-order chi connectivity index (χ0) is 59.7. The van der Waals surface area contributed by atoms with Crippen molar-refractivity contribution in [2.24, 2.45) is 0 Å². The number of hydrogen-bond acceptors (Lipinski definition) is 20. The summed E-state index contributed by atoms with van der Waals surface area (Å²) >= 11 is 0. The number of amides is 2. The highest BCUT2D eigenvalue weighted by Crippen LogP contribution is 2.38. The summed E-state index contributed by atoms with van der Waals surface area (Å²) in [5.41, 5.74) is 0. The maximum atomic E-state index is 13.3. The lowest BCUT2D eigenvalue weighted by Crippen LogP contribution is -2.70. The van der Waals surface area contributed by atoms with Crippen LogP contribution < -0.4 is 10.6 Å². The van der Waals surface area contributed by atoms with Crippen LogP contribution in [0.4, 0.5) is 0 Å². The van der Waals surface area contributed by atoms with E-state index in [1.54, 1.807) is 0 Å². The van der Waals surface area contributed by atoms with Gasteiger partial charge in [-0.15, -0.1) is 0 Å². The van der Waals surface area contributed by atoms with E-state index < -0.39 is 148 Å². The molecule has 18 unspecified atom stereocenters. The first kappa shape index (κ1) is 73.0. The lowest BCUT2D eigenvalue weighted by molar-refractivity contribution is -0.386. The third kappa shape index (κ3) is 25.3. The fourth-order valence-corrected chi connectivity index (χ4v) is 11.1. The second-order valence-corrected chi connectivity index (χ2v) is 22.9. The van der Waals surface area contributed by atoms with Crippen molar-refractivity contribution in [3.63, 3.8) is 0 Å². The average Bonchev–Trinajstić information content (AvgIpc) is 3.63. The summed E-state index contributed by atoms with van der Waals surface area (Å²) < 4.78 is 34.7. The van der Waals surface area contributed by atoms with Gasteiger partial charge in [-0.05, 0) is 12.8 Å². The molecule has 476 valence electrons. The van der Waals surface area contributed by atoms with Crippen LogP contribution in [-0.2, 0) is 42.8 Å². The molecule has 3 aliphatic heterocycles. The van der Waals surface area contributed by atoms with Gasteiger partial charge < -0.3 is 100 Å². The Morgan fingerprint density at radius 1 is 0.593 bits per heavy atom. The molecule has 0 bridgehead atoms. The molecular weight excluding hydrogens is 1060 g/mol. The summed E-state index contributed by atoms with van der Waals surface area (Å²) in [7, 11) is 0. The zero-order valence-corrected chi connectivity index (χ0v) is 48.9. The SMILES string of the molecule is CCCCCCCCCCCCCCCCCCCC(O)C(COC1OC(CO)C(OC2OC(CO)C(O)C(OC3(C(=O)O)CC(O)C(NC(C)=O)C(C(O)C(O)CO)O3)C2O)C(O)C1O)NC(=O)CCCCCCCCCCCC. The second-order valence-electron chi connectivity index (χ2n) is 22.9. The average molecular weight is 1170 g/mol. The maximum absolute atomic E-state index is 13.3. The number of aliphatic hydroxyl groups excluding tert-OH is 11. The number of hydrogen-bond donors (Lipinski definition) is 14. The largest absolute Gasteiger partial charge is 0.477 e. The minimum Gasteiger partial charge on any atom is -0.477 e. The van der Waals surface area contributed by atoms with Crippen LogP contribution in [0.25, 0.3) is 0 Å². The van der Waals surface area contributed by atoms with Crippen molar-refractivity contribution >= 4 is 17.8 Å². The molecule has 3 fully saturated rings. The summed E-state index contributed by atoms with van der Waals surface area (Å²) in [6, 6.07) is -2.52. The number of carbonyl (C=O) groups is 3. The molecule has 23 nitrogen and oxygen atoms in total. The van der Waals surface area contributed by atoms with E-state index in [1.165, 1.54) is 109 Å². The maximum Gasteiger partial charge on any atom is 0.364 e. The second kappa shape index (κ2) is 40.9. The summed E-state index contributed by atoms with van der Waals surface area (Å²) in [6.45, 7) is 2.16. The van der Waals surface area contributed by atoms with Crippen molar-refractivity contribution in [2.75, 3.05) is 26.4 Å². The molecule has 81 heavy (non-hydrogen) atoms. The predicted octanol–water partition coefficient (Wildman–Crippen LogP) is 3.00. The van der Waals surface area contributed by atoms with Gasteiger partial charge in [-0.2, -0.15) is 0 Å². The van der Waals surface area contributed by atoms with Gasteiger partial charge in [0.1, 0.15) is 67.1 Å². The highest BCUT2D eigenvalue weighted by atomic mass is 16.8. The van der Waals surface area contributed by atoms with Gasteiger partial charge in [0.2, 0.25) is 11.8 Å². The molecular formula is C58H108N2O21. The van der Waals surface area contributed by atoms with Gasteiger partial charge in [0.25, 0.3) is 5.79 Å². The quantitative estimate of drug-likeness (QED) is 0.0390. The number of unbranched alkanes of at least 4 members (excludes halogenated alkanes) is 25. The van der Waals surface area contributed by atoms with Crippen molar-refractivity contribution < 1.29 is 104 Å². The Hall–Kier alpha value is -2.27. The molecule has 14 N–H and O–H groups in total. The first-order chi connectivity index (χ1) is 38.9. The highest BCUT2D eigenvalue weighted by Gasteiger charge is 2.60. The molecule has 23 heteroatoms. The predicted molar refractivity (Wildman–Crippen MR) is 297 cm³/mol. The van der Waals surface area contributed by atoms with Crippen LogP contribution in [0.15, 0.2) is 0 Å². The molecule has 3 saturated heterocycles. The molecule has 0 aliphatic carbocycles. The molecule has 3 heterocycles. The number of nitrogens with one attached hydrogen (secondary N) is 2. The van der Waals surface area contributed by atoms with E-state index >= 15 is 0 Å². The van der Waals surface area contributed by atoms with Crippen LogP contribution in [0.5, 0.6) is 0 Å². The van der Waals surface area contributed by atoms with Gasteiger partial charge in [0, 0.05) is 19.8 Å². The number of carboxylic acid groups (broad SMARTS) is 1. The molecule has 18 atom stereocenters. The Morgan fingerprint density at radius 2 is 1.07 bits per heavy atom. The van der Waals surface area contributed by atoms with Crippen LogP contribution in [0.2, 0.25) is 0 Å². The van der Waals surface area contributed by atoms with Gasteiger partial charge in [0.15, 0.2) is 12.6 Å². The molecule has 3 aliphatic rings. The number of ether oxygens (including phenoxy) is 6. The standard InChI is InChI=1S/C58H108N2O21/c1-4-6-8-10-12-14-16-17-18-19-20-21-22-23-25-27-29-31-40(65)39(60-45(68)32-30-28-26-24-15-13-11-9-7-5-2)37-76-55-50(72)49(71)52(44(36-63)78-55)79-56-51(73)54(48(70)43(35-62)77-56)81-58(57(74)75)33-41(66)46(59-38(3)64)53(80-58)47(69)42(67)34-61/h39-44,46-56,61-63,65-67,69-73H,4-37H2,1-3H3,(H,59,64)(H,60,68)(H,74,75). The van der Waals surface area contributed by atoms with Crippen LogP contribution in [0, 0.1) is 0 Å². The van der Waals surface area contributed by atoms with E-state index in [-0.39, 0.29) is 18.9 Å². The Kier molecular flexibility index (Phi) is 36.9. The van der Waals surface area contributed by atoms with Crippen LogP contribution in [0.1, 0.15) is 213 Å². The summed E-state index contributed by atoms with van der Waals surface area (Å²) in [6.07, 6.45) is 2.81. The molecule has 0 aromatic carbocycles. The lowest BCUT2D eigenvalue weighted by Gasteiger charge is -2.50. The Labute approximate surface area is 480 Å². The Bertz CT molecular complexity index is 1670. The molecule has 3 rings (SSSR count). The van der Waals surface area contributed by atoms with E-state index in [1.807, 2.05) is 0 Å². The van der Waals surface area contributed by atoms with Crippen LogP contribution >= 0.6 is 0 Å². The lowest BCUT2D eigenvalue weighted by atomic mass is 9.88. The van der Waals surface area contributed by atoms with Gasteiger partial charge >= 0.3 is 5.97 Å². The van der Waals surface area contributed by atoms with Crippen LogP contribution in [0.3, 0.4) is 0 Å². The number of aliphatic hydroxyl groups is 11. The van der Waals surface area contributed by atoms with Gasteiger partial charge in [-0.25, -0.2) is 4.79 Å². The number of carbonyl (C=O) groups excluding carboxylic acids is 2. The van der Waals surface area contributed by atoms with Crippen LogP contribution in [-0.4, -0.2) is 215 Å². The van der Waals surface area contributed by atoms with E-state index in [0.717, 1.165) is 58.3 Å². The Balaban J connectivity index is 1.65. The third-order valence-corrected chi connectivity index (χ3v) is 16.1. The van der Waals surface area contributed by atoms with Crippen molar-refractivity contribution in [1.29, 1.82) is 0 Å². The van der Waals surface area contributed by atoms with E-state index in [9.17, 15) is 75.7 Å². The van der Waals surface area contributed by atoms with E-state index in [2.05, 4.69) is 24.5 Å². The Morgan fingerprint density at radius 3 is 1.54 bits per heavy atom. The van der Waals surface area contributed by atoms with Gasteiger partial charge in [0.05, 0.1) is 50.7 Å². The minimum atomic E-state index is -3.07. The molecule has 0 aromatic heterocycles. The zero-order valence-electron chi connectivity index (χ0n) is 48.9. The number of carboxylic acids is 1. The van der Waals surface area contributed by atoms with Crippen molar-refractivity contribution in [3.05, 3.63) is 0 Å². The normalized spacial score (nSPS) is 30.4. The summed E-state index contributed by atoms with van der Waals surface area (Å²) in [5.74, 6) is -6.10. The van der Waals surface area contributed by atoms with E-state index in [0.29, 0.717) is 19.3 Å². The monoisotopic (exact) mass is 1170 g/mol. The third-order valence-electron chi connectivity index (χ3n) is 16.1. The fourth-order valence-electron chi connectivity index (χ4n) is 11.1. The molecule has 0 spiro atoms. The molecule has 0 aromatic rings. The number of aliphatic carboxylic acids is 1. The van der Waals surface area contributed by atoms with Crippen molar-refractivity contribution in [2.45, 2.75) is 323 Å². The smallest absolute Gasteiger partial charge is 0.364 e.